The number of hydrogen-bond acceptors (Lipinski definition) is 2. The highest BCUT2D eigenvalue weighted by Gasteiger charge is 2.36. The van der Waals surface area contributed by atoms with E-state index < -0.39 is 0 Å². The number of carbonyl (C=O) groups excluding carboxylic acids is 1. The van der Waals surface area contributed by atoms with Crippen LogP contribution in [0.5, 0.6) is 0 Å². The molecule has 0 saturated carbocycles. The number of rotatable bonds is 2. The molecule has 0 bridgehead atoms. The molecule has 1 aromatic carbocycles. The van der Waals surface area contributed by atoms with Gasteiger partial charge in [0, 0.05) is 32.0 Å². The number of benzene rings is 1. The van der Waals surface area contributed by atoms with E-state index in [1.807, 2.05) is 11.9 Å². The molecule has 1 aliphatic heterocycles. The molecule has 1 heterocycles. The van der Waals surface area contributed by atoms with Crippen molar-refractivity contribution in [3.63, 3.8) is 0 Å². The smallest absolute Gasteiger partial charge is 0.223 e. The summed E-state index contributed by atoms with van der Waals surface area (Å²) in [7, 11) is 1.88. The van der Waals surface area contributed by atoms with Crippen LogP contribution in [-0.4, -0.2) is 30.9 Å². The summed E-state index contributed by atoms with van der Waals surface area (Å²) in [5, 5.41) is 0. The van der Waals surface area contributed by atoms with Crippen LogP contribution in [-0.2, 0) is 10.2 Å². The monoisotopic (exact) mass is 246 g/mol. The van der Waals surface area contributed by atoms with Crippen molar-refractivity contribution in [3.05, 3.63) is 35.4 Å². The van der Waals surface area contributed by atoms with Crippen LogP contribution in [0.2, 0.25) is 0 Å². The predicted octanol–water partition coefficient (Wildman–Crippen LogP) is 1.83. The summed E-state index contributed by atoms with van der Waals surface area (Å²) in [6.45, 7) is 3.46. The zero-order valence-electron chi connectivity index (χ0n) is 11.3. The van der Waals surface area contributed by atoms with Crippen LogP contribution in [0.25, 0.3) is 0 Å². The lowest BCUT2D eigenvalue weighted by Crippen LogP contribution is -2.38. The van der Waals surface area contributed by atoms with E-state index in [9.17, 15) is 4.79 Å². The number of amides is 1. The van der Waals surface area contributed by atoms with Gasteiger partial charge in [-0.25, -0.2) is 0 Å². The minimum atomic E-state index is -0.173. The largest absolute Gasteiger partial charge is 0.346 e. The summed E-state index contributed by atoms with van der Waals surface area (Å²) in [6.07, 6.45) is 2.54. The fourth-order valence-electron chi connectivity index (χ4n) is 2.81. The van der Waals surface area contributed by atoms with Gasteiger partial charge >= 0.3 is 0 Å². The van der Waals surface area contributed by atoms with E-state index in [-0.39, 0.29) is 11.3 Å². The fourth-order valence-corrected chi connectivity index (χ4v) is 2.81. The Morgan fingerprint density at radius 3 is 2.89 bits per heavy atom. The lowest BCUT2D eigenvalue weighted by atomic mass is 9.74. The van der Waals surface area contributed by atoms with Gasteiger partial charge in [-0.2, -0.15) is 0 Å². The second-order valence-corrected chi connectivity index (χ2v) is 5.45. The second-order valence-electron chi connectivity index (χ2n) is 5.45. The van der Waals surface area contributed by atoms with E-state index in [4.69, 9.17) is 5.73 Å². The van der Waals surface area contributed by atoms with Gasteiger partial charge in [-0.05, 0) is 25.3 Å². The third-order valence-electron chi connectivity index (χ3n) is 4.09. The van der Waals surface area contributed by atoms with Crippen LogP contribution >= 0.6 is 0 Å². The van der Waals surface area contributed by atoms with Crippen molar-refractivity contribution >= 4 is 5.91 Å². The van der Waals surface area contributed by atoms with E-state index >= 15 is 0 Å². The first kappa shape index (κ1) is 13.1. The van der Waals surface area contributed by atoms with Crippen molar-refractivity contribution in [2.75, 3.05) is 20.1 Å². The molecule has 0 aliphatic carbocycles. The van der Waals surface area contributed by atoms with Crippen molar-refractivity contribution in [3.8, 4) is 0 Å². The van der Waals surface area contributed by atoms with E-state index in [1.165, 1.54) is 11.1 Å². The van der Waals surface area contributed by atoms with Crippen molar-refractivity contribution < 1.29 is 4.79 Å². The van der Waals surface area contributed by atoms with Gasteiger partial charge in [0.15, 0.2) is 0 Å². The molecular weight excluding hydrogens is 224 g/mol. The molecule has 1 amide bonds. The number of nitrogens with two attached hydrogens (primary N) is 1. The molecule has 1 fully saturated rings. The Balaban J connectivity index is 2.38. The Bertz CT molecular complexity index is 444. The van der Waals surface area contributed by atoms with Gasteiger partial charge in [-0.3, -0.25) is 4.79 Å². The minimum Gasteiger partial charge on any atom is -0.346 e. The Morgan fingerprint density at radius 2 is 2.22 bits per heavy atom. The molecule has 3 nitrogen and oxygen atoms in total. The van der Waals surface area contributed by atoms with E-state index in [0.717, 1.165) is 19.4 Å². The van der Waals surface area contributed by atoms with E-state index in [0.29, 0.717) is 13.0 Å². The normalized spacial score (nSPS) is 25.1. The van der Waals surface area contributed by atoms with Gasteiger partial charge in [0.25, 0.3) is 0 Å². The Morgan fingerprint density at radius 1 is 1.44 bits per heavy atom. The molecule has 0 radical (unpaired) electrons. The first-order valence-corrected chi connectivity index (χ1v) is 6.59. The van der Waals surface area contributed by atoms with Crippen LogP contribution in [0.1, 0.15) is 30.4 Å². The molecule has 1 aromatic rings. The Kier molecular flexibility index (Phi) is 3.71. The summed E-state index contributed by atoms with van der Waals surface area (Å²) in [4.78, 5) is 13.9. The molecule has 1 unspecified atom stereocenters. The van der Waals surface area contributed by atoms with Gasteiger partial charge < -0.3 is 10.6 Å². The molecule has 3 heteroatoms. The molecule has 18 heavy (non-hydrogen) atoms. The standard InChI is InChI=1S/C15H22N2O/c1-12-5-3-6-13(9-12)15(11-16)7-4-8-17(2)14(18)10-15/h3,5-6,9H,4,7-8,10-11,16H2,1-2H3. The van der Waals surface area contributed by atoms with Crippen LogP contribution in [0.15, 0.2) is 24.3 Å². The average Bonchev–Trinajstić information content (AvgIpc) is 2.50. The van der Waals surface area contributed by atoms with Crippen LogP contribution in [0.3, 0.4) is 0 Å². The zero-order valence-corrected chi connectivity index (χ0v) is 11.3. The maximum Gasteiger partial charge on any atom is 0.223 e. The second kappa shape index (κ2) is 5.11. The molecule has 0 aromatic heterocycles. The third-order valence-corrected chi connectivity index (χ3v) is 4.09. The van der Waals surface area contributed by atoms with Gasteiger partial charge in [0.1, 0.15) is 0 Å². The van der Waals surface area contributed by atoms with Gasteiger partial charge in [0.05, 0.1) is 0 Å². The predicted molar refractivity (Wildman–Crippen MR) is 73.4 cm³/mol. The molecule has 2 rings (SSSR count). The first-order valence-electron chi connectivity index (χ1n) is 6.59. The molecule has 0 spiro atoms. The number of aryl methyl sites for hydroxylation is 1. The number of likely N-dealkylation sites (tertiary alicyclic amines) is 1. The van der Waals surface area contributed by atoms with Crippen molar-refractivity contribution in [2.45, 2.75) is 31.6 Å². The molecule has 2 N–H and O–H groups in total. The number of carbonyl (C=O) groups is 1. The van der Waals surface area contributed by atoms with Gasteiger partial charge in [-0.1, -0.05) is 29.8 Å². The third kappa shape index (κ3) is 2.41. The molecule has 1 saturated heterocycles. The number of nitrogens with zero attached hydrogens (tertiary/aromatic N) is 1. The highest BCUT2D eigenvalue weighted by molar-refractivity contribution is 5.78. The summed E-state index contributed by atoms with van der Waals surface area (Å²) in [5.41, 5.74) is 8.30. The lowest BCUT2D eigenvalue weighted by Gasteiger charge is -2.31. The summed E-state index contributed by atoms with van der Waals surface area (Å²) in [6, 6.07) is 8.42. The zero-order chi connectivity index (χ0) is 13.2. The first-order chi connectivity index (χ1) is 8.57. The summed E-state index contributed by atoms with van der Waals surface area (Å²) < 4.78 is 0. The maximum atomic E-state index is 12.1. The Labute approximate surface area is 109 Å². The van der Waals surface area contributed by atoms with Crippen molar-refractivity contribution in [1.29, 1.82) is 0 Å². The minimum absolute atomic E-state index is 0.173. The lowest BCUT2D eigenvalue weighted by molar-refractivity contribution is -0.130. The topological polar surface area (TPSA) is 46.3 Å². The van der Waals surface area contributed by atoms with Crippen LogP contribution in [0, 0.1) is 6.92 Å². The molecule has 1 atom stereocenters. The number of hydrogen-bond donors (Lipinski definition) is 1. The quantitative estimate of drug-likeness (QED) is 0.865. The van der Waals surface area contributed by atoms with Crippen LogP contribution < -0.4 is 5.73 Å². The Hall–Kier alpha value is -1.35. The van der Waals surface area contributed by atoms with Crippen molar-refractivity contribution in [2.24, 2.45) is 5.73 Å². The maximum absolute atomic E-state index is 12.1. The highest BCUT2D eigenvalue weighted by Crippen LogP contribution is 2.35. The van der Waals surface area contributed by atoms with E-state index in [2.05, 4.69) is 31.2 Å². The van der Waals surface area contributed by atoms with E-state index in [1.54, 1.807) is 0 Å². The molecular formula is C15H22N2O. The summed E-state index contributed by atoms with van der Waals surface area (Å²) >= 11 is 0. The highest BCUT2D eigenvalue weighted by atomic mass is 16.2. The fraction of sp³-hybridized carbons (Fsp3) is 0.533. The summed E-state index contributed by atoms with van der Waals surface area (Å²) in [5.74, 6) is 0.208. The van der Waals surface area contributed by atoms with Gasteiger partial charge in [0.2, 0.25) is 5.91 Å². The SMILES string of the molecule is Cc1cccc(C2(CN)CCCN(C)C(=O)C2)c1. The molecule has 98 valence electrons. The molecule has 1 aliphatic rings. The van der Waals surface area contributed by atoms with Crippen molar-refractivity contribution in [1.82, 2.24) is 4.90 Å². The van der Waals surface area contributed by atoms with Gasteiger partial charge in [-0.15, -0.1) is 0 Å². The average molecular weight is 246 g/mol. The van der Waals surface area contributed by atoms with Crippen LogP contribution in [0.4, 0.5) is 0 Å².